The predicted molar refractivity (Wildman–Crippen MR) is 88.4 cm³/mol. The molecule has 0 saturated carbocycles. The van der Waals surface area contributed by atoms with Crippen LogP contribution in [0.5, 0.6) is 0 Å². The van der Waals surface area contributed by atoms with Crippen molar-refractivity contribution in [1.29, 1.82) is 0 Å². The number of carbonyl (C=O) groups excluding carboxylic acids is 1. The lowest BCUT2D eigenvalue weighted by Crippen LogP contribution is -2.24. The number of hydrogen-bond acceptors (Lipinski definition) is 3. The van der Waals surface area contributed by atoms with Gasteiger partial charge < -0.3 is 5.32 Å². The zero-order valence-electron chi connectivity index (χ0n) is 13.8. The second-order valence-corrected chi connectivity index (χ2v) is 5.59. The molecule has 0 radical (unpaired) electrons. The van der Waals surface area contributed by atoms with Crippen molar-refractivity contribution >= 4 is 5.91 Å². The van der Waals surface area contributed by atoms with Gasteiger partial charge in [-0.05, 0) is 32.0 Å². The SMILES string of the molecule is Cc1c(F)cccc1-n1nnc(C(=O)NCc2ccccc2F)c1C. The average molecular weight is 342 g/mol. The Balaban J connectivity index is 1.82. The first kappa shape index (κ1) is 16.8. The van der Waals surface area contributed by atoms with Gasteiger partial charge in [0.1, 0.15) is 11.6 Å². The lowest BCUT2D eigenvalue weighted by atomic mass is 10.2. The van der Waals surface area contributed by atoms with Crippen LogP contribution in [-0.2, 0) is 6.54 Å². The fourth-order valence-electron chi connectivity index (χ4n) is 2.49. The number of hydrogen-bond donors (Lipinski definition) is 1. The van der Waals surface area contributed by atoms with Crippen LogP contribution >= 0.6 is 0 Å². The van der Waals surface area contributed by atoms with E-state index in [1.54, 1.807) is 44.2 Å². The fourth-order valence-corrected chi connectivity index (χ4v) is 2.49. The summed E-state index contributed by atoms with van der Waals surface area (Å²) in [5.74, 6) is -1.22. The Kier molecular flexibility index (Phi) is 4.56. The first-order valence-corrected chi connectivity index (χ1v) is 7.68. The lowest BCUT2D eigenvalue weighted by Gasteiger charge is -2.08. The minimum atomic E-state index is -0.471. The van der Waals surface area contributed by atoms with E-state index in [2.05, 4.69) is 15.6 Å². The molecule has 128 valence electrons. The van der Waals surface area contributed by atoms with Crippen molar-refractivity contribution in [3.63, 3.8) is 0 Å². The van der Waals surface area contributed by atoms with Gasteiger partial charge in [-0.2, -0.15) is 0 Å². The molecule has 1 heterocycles. The smallest absolute Gasteiger partial charge is 0.274 e. The Morgan fingerprint density at radius 2 is 1.80 bits per heavy atom. The van der Waals surface area contributed by atoms with Crippen molar-refractivity contribution < 1.29 is 13.6 Å². The first-order valence-electron chi connectivity index (χ1n) is 7.68. The minimum Gasteiger partial charge on any atom is -0.346 e. The van der Waals surface area contributed by atoms with Gasteiger partial charge in [-0.25, -0.2) is 13.5 Å². The van der Waals surface area contributed by atoms with Crippen LogP contribution in [0, 0.1) is 25.5 Å². The first-order chi connectivity index (χ1) is 12.0. The summed E-state index contributed by atoms with van der Waals surface area (Å²) in [6.45, 7) is 3.34. The maximum Gasteiger partial charge on any atom is 0.274 e. The molecule has 0 unspecified atom stereocenters. The van der Waals surface area contributed by atoms with Gasteiger partial charge in [-0.3, -0.25) is 4.79 Å². The summed E-state index contributed by atoms with van der Waals surface area (Å²) >= 11 is 0. The Hall–Kier alpha value is -3.09. The van der Waals surface area contributed by atoms with E-state index in [9.17, 15) is 13.6 Å². The zero-order valence-corrected chi connectivity index (χ0v) is 13.8. The number of halogens is 2. The van der Waals surface area contributed by atoms with Crippen molar-refractivity contribution in [3.8, 4) is 5.69 Å². The largest absolute Gasteiger partial charge is 0.346 e. The maximum absolute atomic E-state index is 13.7. The molecule has 1 aromatic heterocycles. The van der Waals surface area contributed by atoms with Crippen molar-refractivity contribution in [2.24, 2.45) is 0 Å². The zero-order chi connectivity index (χ0) is 18.0. The summed E-state index contributed by atoms with van der Waals surface area (Å²) in [6.07, 6.45) is 0. The van der Waals surface area contributed by atoms with Gasteiger partial charge in [-0.1, -0.05) is 29.5 Å². The Morgan fingerprint density at radius 3 is 2.56 bits per heavy atom. The number of amides is 1. The molecule has 0 aliphatic carbocycles. The lowest BCUT2D eigenvalue weighted by molar-refractivity contribution is 0.0945. The molecule has 0 aliphatic heterocycles. The number of nitrogens with one attached hydrogen (secondary N) is 1. The molecule has 0 aliphatic rings. The number of rotatable bonds is 4. The summed E-state index contributed by atoms with van der Waals surface area (Å²) in [7, 11) is 0. The molecular weight excluding hydrogens is 326 g/mol. The molecule has 1 N–H and O–H groups in total. The number of carbonyl (C=O) groups is 1. The standard InChI is InChI=1S/C18H16F2N4O/c1-11-14(19)8-5-9-16(11)24-12(2)17(22-23-24)18(25)21-10-13-6-3-4-7-15(13)20/h3-9H,10H2,1-2H3,(H,21,25). The summed E-state index contributed by atoms with van der Waals surface area (Å²) in [5.41, 5.74) is 1.88. The van der Waals surface area contributed by atoms with Gasteiger partial charge in [0.05, 0.1) is 11.4 Å². The van der Waals surface area contributed by atoms with E-state index in [4.69, 9.17) is 0 Å². The van der Waals surface area contributed by atoms with Gasteiger partial charge in [0.15, 0.2) is 5.69 Å². The quantitative estimate of drug-likeness (QED) is 0.793. The van der Waals surface area contributed by atoms with E-state index in [0.29, 0.717) is 22.5 Å². The van der Waals surface area contributed by atoms with Crippen LogP contribution in [0.15, 0.2) is 42.5 Å². The predicted octanol–water partition coefficient (Wildman–Crippen LogP) is 3.09. The van der Waals surface area contributed by atoms with Gasteiger partial charge in [0.2, 0.25) is 0 Å². The van der Waals surface area contributed by atoms with Crippen LogP contribution in [0.4, 0.5) is 8.78 Å². The molecule has 7 heteroatoms. The monoisotopic (exact) mass is 342 g/mol. The maximum atomic E-state index is 13.7. The van der Waals surface area contributed by atoms with E-state index in [0.717, 1.165) is 0 Å². The van der Waals surface area contributed by atoms with E-state index in [-0.39, 0.29) is 18.1 Å². The molecule has 0 saturated heterocycles. The average Bonchev–Trinajstić information content (AvgIpc) is 2.98. The molecule has 0 fully saturated rings. The Morgan fingerprint density at radius 1 is 1.08 bits per heavy atom. The third-order valence-corrected chi connectivity index (χ3v) is 3.97. The summed E-state index contributed by atoms with van der Waals surface area (Å²) in [6, 6.07) is 10.8. The molecule has 25 heavy (non-hydrogen) atoms. The number of nitrogens with zero attached hydrogens (tertiary/aromatic N) is 3. The van der Waals surface area contributed by atoms with E-state index in [1.165, 1.54) is 16.8 Å². The van der Waals surface area contributed by atoms with Crippen LogP contribution in [-0.4, -0.2) is 20.9 Å². The van der Waals surface area contributed by atoms with E-state index < -0.39 is 11.7 Å². The van der Waals surface area contributed by atoms with Crippen molar-refractivity contribution in [3.05, 3.63) is 76.6 Å². The van der Waals surface area contributed by atoms with Crippen LogP contribution in [0.2, 0.25) is 0 Å². The van der Waals surface area contributed by atoms with Gasteiger partial charge in [0, 0.05) is 17.7 Å². The van der Waals surface area contributed by atoms with Gasteiger partial charge >= 0.3 is 0 Å². The molecule has 3 aromatic rings. The summed E-state index contributed by atoms with van der Waals surface area (Å²) in [5, 5.41) is 10.4. The topological polar surface area (TPSA) is 59.8 Å². The van der Waals surface area contributed by atoms with Gasteiger partial charge in [-0.15, -0.1) is 5.10 Å². The molecule has 5 nitrogen and oxygen atoms in total. The highest BCUT2D eigenvalue weighted by atomic mass is 19.1. The van der Waals surface area contributed by atoms with Crippen molar-refractivity contribution in [2.45, 2.75) is 20.4 Å². The van der Waals surface area contributed by atoms with Crippen LogP contribution in [0.3, 0.4) is 0 Å². The van der Waals surface area contributed by atoms with Crippen LogP contribution in [0.1, 0.15) is 27.3 Å². The second-order valence-electron chi connectivity index (χ2n) is 5.59. The number of aromatic nitrogens is 3. The molecule has 2 aromatic carbocycles. The third kappa shape index (κ3) is 3.26. The van der Waals surface area contributed by atoms with Gasteiger partial charge in [0.25, 0.3) is 5.91 Å². The Labute approximate surface area is 143 Å². The van der Waals surface area contributed by atoms with Crippen LogP contribution in [0.25, 0.3) is 5.69 Å². The summed E-state index contributed by atoms with van der Waals surface area (Å²) in [4.78, 5) is 12.3. The van der Waals surface area contributed by atoms with Crippen molar-refractivity contribution in [2.75, 3.05) is 0 Å². The van der Waals surface area contributed by atoms with E-state index >= 15 is 0 Å². The molecule has 1 amide bonds. The number of benzene rings is 2. The molecule has 3 rings (SSSR count). The highest BCUT2D eigenvalue weighted by Gasteiger charge is 2.19. The second kappa shape index (κ2) is 6.80. The third-order valence-electron chi connectivity index (χ3n) is 3.97. The molecular formula is C18H16F2N4O. The van der Waals surface area contributed by atoms with Crippen LogP contribution < -0.4 is 5.32 Å². The summed E-state index contributed by atoms with van der Waals surface area (Å²) < 4.78 is 28.8. The molecule has 0 bridgehead atoms. The fraction of sp³-hybridized carbons (Fsp3) is 0.167. The minimum absolute atomic E-state index is 0.0385. The Bertz CT molecular complexity index is 937. The normalized spacial score (nSPS) is 10.7. The highest BCUT2D eigenvalue weighted by molar-refractivity contribution is 5.93. The van der Waals surface area contributed by atoms with Crippen molar-refractivity contribution in [1.82, 2.24) is 20.3 Å². The molecule has 0 atom stereocenters. The molecule has 0 spiro atoms. The van der Waals surface area contributed by atoms with E-state index in [1.807, 2.05) is 0 Å². The highest BCUT2D eigenvalue weighted by Crippen LogP contribution is 2.18.